The van der Waals surface area contributed by atoms with E-state index < -0.39 is 4.92 Å². The molecule has 1 fully saturated rings. The van der Waals surface area contributed by atoms with E-state index >= 15 is 0 Å². The van der Waals surface area contributed by atoms with Crippen molar-refractivity contribution in [2.24, 2.45) is 0 Å². The normalized spacial score (nSPS) is 18.6. The molecule has 1 atom stereocenters. The first kappa shape index (κ1) is 14.2. The van der Waals surface area contributed by atoms with Crippen molar-refractivity contribution in [3.8, 4) is 0 Å². The third-order valence-corrected chi connectivity index (χ3v) is 3.54. The molecule has 2 rings (SSSR count). The average molecular weight is 279 g/mol. The van der Waals surface area contributed by atoms with Crippen LogP contribution >= 0.6 is 0 Å². The van der Waals surface area contributed by atoms with Crippen molar-refractivity contribution in [1.82, 2.24) is 4.98 Å². The molecule has 1 aromatic heterocycles. The topological polar surface area (TPSA) is 85.6 Å². The van der Waals surface area contributed by atoms with Gasteiger partial charge in [0.15, 0.2) is 0 Å². The fraction of sp³-hybridized carbons (Fsp3) is 0.538. The second kappa shape index (κ2) is 6.31. The summed E-state index contributed by atoms with van der Waals surface area (Å²) in [5.74, 6) is -0.293. The largest absolute Gasteiger partial charge is 0.469 e. The molecule has 0 aromatic carbocycles. The number of nitro groups is 1. The van der Waals surface area contributed by atoms with Crippen LogP contribution in [0, 0.1) is 10.1 Å². The molecule has 108 valence electrons. The highest BCUT2D eigenvalue weighted by atomic mass is 16.6. The maximum atomic E-state index is 11.5. The van der Waals surface area contributed by atoms with E-state index in [-0.39, 0.29) is 24.1 Å². The third kappa shape index (κ3) is 3.04. The number of esters is 1. The van der Waals surface area contributed by atoms with Gasteiger partial charge in [0.1, 0.15) is 11.9 Å². The molecule has 1 aromatic rings. The fourth-order valence-electron chi connectivity index (χ4n) is 2.57. The highest BCUT2D eigenvalue weighted by molar-refractivity contribution is 5.72. The Hall–Kier alpha value is -2.18. The Morgan fingerprint density at radius 2 is 2.40 bits per heavy atom. The first-order chi connectivity index (χ1) is 9.63. The highest BCUT2D eigenvalue weighted by Crippen LogP contribution is 2.33. The summed E-state index contributed by atoms with van der Waals surface area (Å²) in [6.45, 7) is 0.701. The van der Waals surface area contributed by atoms with Crippen LogP contribution in [-0.2, 0) is 9.53 Å². The molecular formula is C13H17N3O4. The van der Waals surface area contributed by atoms with Crippen LogP contribution in [0.4, 0.5) is 11.4 Å². The molecule has 7 nitrogen and oxygen atoms in total. The predicted octanol–water partition coefficient (Wildman–Crippen LogP) is 1.91. The van der Waals surface area contributed by atoms with Gasteiger partial charge in [-0.05, 0) is 25.3 Å². The summed E-state index contributed by atoms with van der Waals surface area (Å²) in [6, 6.07) is 1.57. The van der Waals surface area contributed by atoms with Crippen molar-refractivity contribution in [3.05, 3.63) is 28.6 Å². The van der Waals surface area contributed by atoms with Crippen molar-refractivity contribution in [2.45, 2.75) is 31.7 Å². The molecule has 0 bridgehead atoms. The maximum Gasteiger partial charge on any atom is 0.310 e. The van der Waals surface area contributed by atoms with E-state index in [2.05, 4.69) is 4.98 Å². The van der Waals surface area contributed by atoms with E-state index in [1.54, 1.807) is 6.07 Å². The van der Waals surface area contributed by atoms with Crippen LogP contribution in [0.25, 0.3) is 0 Å². The van der Waals surface area contributed by atoms with Gasteiger partial charge in [0.2, 0.25) is 0 Å². The van der Waals surface area contributed by atoms with Crippen LogP contribution in [0.3, 0.4) is 0 Å². The number of ether oxygens (including phenoxy) is 1. The Kier molecular flexibility index (Phi) is 4.49. The van der Waals surface area contributed by atoms with Gasteiger partial charge in [-0.2, -0.15) is 0 Å². The molecule has 7 heteroatoms. The average Bonchev–Trinajstić information content (AvgIpc) is 2.47. The van der Waals surface area contributed by atoms with Crippen LogP contribution in [0.2, 0.25) is 0 Å². The van der Waals surface area contributed by atoms with Crippen molar-refractivity contribution < 1.29 is 14.5 Å². The zero-order chi connectivity index (χ0) is 14.5. The Labute approximate surface area is 116 Å². The van der Waals surface area contributed by atoms with Crippen molar-refractivity contribution >= 4 is 17.3 Å². The van der Waals surface area contributed by atoms with Gasteiger partial charge in [0, 0.05) is 18.8 Å². The molecule has 2 heterocycles. The van der Waals surface area contributed by atoms with Gasteiger partial charge in [0.05, 0.1) is 18.5 Å². The van der Waals surface area contributed by atoms with Crippen LogP contribution < -0.4 is 4.90 Å². The molecule has 1 aliphatic heterocycles. The predicted molar refractivity (Wildman–Crippen MR) is 72.5 cm³/mol. The van der Waals surface area contributed by atoms with E-state index in [9.17, 15) is 14.9 Å². The second-order valence-electron chi connectivity index (χ2n) is 4.74. The van der Waals surface area contributed by atoms with Gasteiger partial charge < -0.3 is 9.64 Å². The molecule has 0 saturated carbocycles. The number of piperidine rings is 1. The minimum Gasteiger partial charge on any atom is -0.469 e. The summed E-state index contributed by atoms with van der Waals surface area (Å²) < 4.78 is 4.70. The fourth-order valence-corrected chi connectivity index (χ4v) is 2.57. The standard InChI is InChI=1S/C13H17N3O4/c1-20-13(17)8-10-4-2-3-7-15(10)11-5-6-14-9-12(11)16(18)19/h5-6,9-10H,2-4,7-8H2,1H3. The van der Waals surface area contributed by atoms with Crippen LogP contribution in [0.1, 0.15) is 25.7 Å². The molecule has 0 aliphatic carbocycles. The molecule has 1 aliphatic rings. The molecular weight excluding hydrogens is 262 g/mol. The van der Waals surface area contributed by atoms with Crippen molar-refractivity contribution in [2.75, 3.05) is 18.6 Å². The van der Waals surface area contributed by atoms with E-state index in [0.717, 1.165) is 19.3 Å². The molecule has 20 heavy (non-hydrogen) atoms. The Balaban J connectivity index is 2.28. The third-order valence-electron chi connectivity index (χ3n) is 3.54. The minimum absolute atomic E-state index is 0.0238. The van der Waals surface area contributed by atoms with Gasteiger partial charge >= 0.3 is 11.7 Å². The number of carbonyl (C=O) groups is 1. The van der Waals surface area contributed by atoms with Crippen LogP contribution in [0.5, 0.6) is 0 Å². The summed E-state index contributed by atoms with van der Waals surface area (Å²) in [5, 5.41) is 11.1. The number of aromatic nitrogens is 1. The van der Waals surface area contributed by atoms with E-state index in [4.69, 9.17) is 4.74 Å². The van der Waals surface area contributed by atoms with E-state index in [1.165, 1.54) is 19.5 Å². The molecule has 1 unspecified atom stereocenters. The lowest BCUT2D eigenvalue weighted by molar-refractivity contribution is -0.384. The van der Waals surface area contributed by atoms with Crippen molar-refractivity contribution in [1.29, 1.82) is 0 Å². The lowest BCUT2D eigenvalue weighted by Crippen LogP contribution is -2.41. The summed E-state index contributed by atoms with van der Waals surface area (Å²) in [7, 11) is 1.35. The SMILES string of the molecule is COC(=O)CC1CCCCN1c1ccncc1[N+](=O)[O-]. The van der Waals surface area contributed by atoms with Crippen LogP contribution in [0.15, 0.2) is 18.5 Å². The number of pyridine rings is 1. The molecule has 0 spiro atoms. The Morgan fingerprint density at radius 3 is 3.10 bits per heavy atom. The van der Waals surface area contributed by atoms with E-state index in [0.29, 0.717) is 12.2 Å². The second-order valence-corrected chi connectivity index (χ2v) is 4.74. The van der Waals surface area contributed by atoms with Gasteiger partial charge in [0.25, 0.3) is 0 Å². The summed E-state index contributed by atoms with van der Waals surface area (Å²) in [5.41, 5.74) is 0.503. The Bertz CT molecular complexity index is 506. The zero-order valence-corrected chi connectivity index (χ0v) is 11.3. The zero-order valence-electron chi connectivity index (χ0n) is 11.3. The van der Waals surface area contributed by atoms with E-state index in [1.807, 2.05) is 4.90 Å². The molecule has 0 radical (unpaired) electrons. The number of carbonyl (C=O) groups excluding carboxylic acids is 1. The first-order valence-electron chi connectivity index (χ1n) is 6.55. The lowest BCUT2D eigenvalue weighted by atomic mass is 9.98. The number of hydrogen-bond acceptors (Lipinski definition) is 6. The first-order valence-corrected chi connectivity index (χ1v) is 6.55. The minimum atomic E-state index is -0.438. The van der Waals surface area contributed by atoms with Gasteiger partial charge in [-0.15, -0.1) is 0 Å². The summed E-state index contributed by atoms with van der Waals surface area (Å²) in [4.78, 5) is 27.9. The molecule has 0 N–H and O–H groups in total. The number of nitrogens with zero attached hydrogens (tertiary/aromatic N) is 3. The number of anilines is 1. The van der Waals surface area contributed by atoms with Crippen LogP contribution in [-0.4, -0.2) is 35.6 Å². The Morgan fingerprint density at radius 1 is 1.60 bits per heavy atom. The lowest BCUT2D eigenvalue weighted by Gasteiger charge is -2.36. The number of hydrogen-bond donors (Lipinski definition) is 0. The van der Waals surface area contributed by atoms with Gasteiger partial charge in [-0.25, -0.2) is 0 Å². The quantitative estimate of drug-likeness (QED) is 0.475. The van der Waals surface area contributed by atoms with Gasteiger partial charge in [-0.3, -0.25) is 19.9 Å². The van der Waals surface area contributed by atoms with Crippen molar-refractivity contribution in [3.63, 3.8) is 0 Å². The summed E-state index contributed by atoms with van der Waals surface area (Å²) >= 11 is 0. The smallest absolute Gasteiger partial charge is 0.310 e. The number of rotatable bonds is 4. The summed E-state index contributed by atoms with van der Waals surface area (Å²) in [6.07, 6.45) is 5.82. The highest BCUT2D eigenvalue weighted by Gasteiger charge is 2.29. The number of methoxy groups -OCH3 is 1. The molecule has 0 amide bonds. The van der Waals surface area contributed by atoms with Gasteiger partial charge in [-0.1, -0.05) is 0 Å². The monoisotopic (exact) mass is 279 g/mol. The molecule has 1 saturated heterocycles. The maximum absolute atomic E-state index is 11.5.